The fourth-order valence-electron chi connectivity index (χ4n) is 5.92. The number of carbonyl (C=O) groups is 1. The third-order valence-electron chi connectivity index (χ3n) is 6.54. The summed E-state index contributed by atoms with van der Waals surface area (Å²) in [7, 11) is 0. The fraction of sp³-hybridized carbons (Fsp3) is 0.600. The molecule has 0 aliphatic heterocycles. The van der Waals surface area contributed by atoms with E-state index in [1.54, 1.807) is 12.4 Å². The van der Waals surface area contributed by atoms with Crippen LogP contribution in [0.25, 0.3) is 11.5 Å². The van der Waals surface area contributed by atoms with Crippen molar-refractivity contribution in [1.29, 1.82) is 0 Å². The van der Waals surface area contributed by atoms with E-state index in [1.807, 2.05) is 19.1 Å². The molecule has 1 atom stereocenters. The number of aromatic nitrogens is 3. The van der Waals surface area contributed by atoms with Crippen LogP contribution in [-0.2, 0) is 4.79 Å². The molecule has 0 aromatic carbocycles. The van der Waals surface area contributed by atoms with Gasteiger partial charge < -0.3 is 4.42 Å². The number of carbonyl (C=O) groups excluding carboxylic acids is 1. The van der Waals surface area contributed by atoms with Crippen molar-refractivity contribution in [2.24, 2.45) is 23.2 Å². The molecule has 4 saturated carbocycles. The van der Waals surface area contributed by atoms with Crippen LogP contribution in [0, 0.1) is 23.2 Å². The molecule has 4 fully saturated rings. The van der Waals surface area contributed by atoms with Gasteiger partial charge in [0, 0.05) is 23.4 Å². The van der Waals surface area contributed by atoms with Crippen LogP contribution in [0.15, 0.2) is 34.2 Å². The van der Waals surface area contributed by atoms with E-state index in [0.29, 0.717) is 16.9 Å². The van der Waals surface area contributed by atoms with E-state index >= 15 is 0 Å². The van der Waals surface area contributed by atoms with Gasteiger partial charge in [-0.05, 0) is 75.3 Å². The van der Waals surface area contributed by atoms with Crippen LogP contribution < -0.4 is 0 Å². The molecule has 4 aliphatic carbocycles. The standard InChI is InChI=1S/C20H23N3O2S/c1-12(26-19-23-22-18(25-19)16-2-4-21-5-3-16)17(24)20-9-13-6-14(10-20)8-15(7-13)11-20/h2-5,12-15H,6-11H2,1H3. The minimum Gasteiger partial charge on any atom is -0.411 e. The second-order valence-corrected chi connectivity index (χ2v) is 9.72. The highest BCUT2D eigenvalue weighted by Gasteiger charge is 2.55. The molecule has 1 unspecified atom stereocenters. The van der Waals surface area contributed by atoms with Crippen LogP contribution in [0.1, 0.15) is 45.4 Å². The van der Waals surface area contributed by atoms with Gasteiger partial charge >= 0.3 is 0 Å². The Morgan fingerprint density at radius 3 is 2.35 bits per heavy atom. The molecule has 2 aromatic heterocycles. The molecule has 0 radical (unpaired) electrons. The maximum absolute atomic E-state index is 13.4. The summed E-state index contributed by atoms with van der Waals surface area (Å²) in [6.07, 6.45) is 10.8. The Hall–Kier alpha value is -1.69. The van der Waals surface area contributed by atoms with E-state index in [2.05, 4.69) is 15.2 Å². The van der Waals surface area contributed by atoms with Gasteiger partial charge in [-0.1, -0.05) is 11.8 Å². The van der Waals surface area contributed by atoms with Gasteiger partial charge in [0.1, 0.15) is 0 Å². The van der Waals surface area contributed by atoms with Crippen LogP contribution in [0.3, 0.4) is 0 Å². The van der Waals surface area contributed by atoms with Crippen molar-refractivity contribution >= 4 is 17.5 Å². The molecule has 5 nitrogen and oxygen atoms in total. The lowest BCUT2D eigenvalue weighted by molar-refractivity contribution is -0.143. The number of pyridine rings is 1. The smallest absolute Gasteiger partial charge is 0.277 e. The maximum atomic E-state index is 13.4. The van der Waals surface area contributed by atoms with Gasteiger partial charge in [-0.3, -0.25) is 9.78 Å². The highest BCUT2D eigenvalue weighted by atomic mass is 32.2. The van der Waals surface area contributed by atoms with Crippen molar-refractivity contribution in [2.45, 2.75) is 55.9 Å². The SMILES string of the molecule is CC(Sc1nnc(-c2ccncc2)o1)C(=O)C12CC3CC(CC(C3)C1)C2. The second-order valence-electron chi connectivity index (χ2n) is 8.43. The Labute approximate surface area is 157 Å². The van der Waals surface area contributed by atoms with Gasteiger partial charge in [0.05, 0.1) is 5.25 Å². The molecule has 136 valence electrons. The molecule has 0 saturated heterocycles. The number of Topliss-reactive ketones (excluding diaryl/α,β-unsaturated/α-hetero) is 1. The van der Waals surface area contributed by atoms with Crippen molar-refractivity contribution in [2.75, 3.05) is 0 Å². The van der Waals surface area contributed by atoms with Crippen LogP contribution in [0.2, 0.25) is 0 Å². The summed E-state index contributed by atoms with van der Waals surface area (Å²) >= 11 is 1.41. The summed E-state index contributed by atoms with van der Waals surface area (Å²) in [5, 5.41) is 8.58. The van der Waals surface area contributed by atoms with E-state index in [1.165, 1.54) is 31.0 Å². The number of rotatable bonds is 5. The zero-order chi connectivity index (χ0) is 17.7. The van der Waals surface area contributed by atoms with Gasteiger partial charge in [0.25, 0.3) is 5.22 Å². The Morgan fingerprint density at radius 1 is 1.12 bits per heavy atom. The number of thioether (sulfide) groups is 1. The molecule has 6 heteroatoms. The molecule has 0 spiro atoms. The minimum absolute atomic E-state index is 0.0743. The molecule has 26 heavy (non-hydrogen) atoms. The highest BCUT2D eigenvalue weighted by molar-refractivity contribution is 8.00. The zero-order valence-corrected chi connectivity index (χ0v) is 15.7. The molecule has 4 bridgehead atoms. The quantitative estimate of drug-likeness (QED) is 0.728. The third-order valence-corrected chi connectivity index (χ3v) is 7.48. The van der Waals surface area contributed by atoms with E-state index in [4.69, 9.17) is 4.42 Å². The van der Waals surface area contributed by atoms with Gasteiger partial charge in [-0.15, -0.1) is 10.2 Å². The van der Waals surface area contributed by atoms with Gasteiger partial charge in [0.15, 0.2) is 5.78 Å². The average Bonchev–Trinajstić information content (AvgIpc) is 3.09. The number of hydrogen-bond donors (Lipinski definition) is 0. The van der Waals surface area contributed by atoms with Crippen molar-refractivity contribution in [3.05, 3.63) is 24.5 Å². The molecular weight excluding hydrogens is 346 g/mol. The second kappa shape index (κ2) is 6.19. The molecule has 6 rings (SSSR count). The Kier molecular flexibility index (Phi) is 3.92. The third kappa shape index (κ3) is 2.79. The fourth-order valence-corrected chi connectivity index (χ4v) is 6.79. The predicted molar refractivity (Wildman–Crippen MR) is 98.5 cm³/mol. The molecule has 0 N–H and O–H groups in total. The van der Waals surface area contributed by atoms with Crippen LogP contribution >= 0.6 is 11.8 Å². The summed E-state index contributed by atoms with van der Waals surface area (Å²) in [4.78, 5) is 17.4. The summed E-state index contributed by atoms with van der Waals surface area (Å²) in [5.41, 5.74) is 0.772. The minimum atomic E-state index is -0.142. The van der Waals surface area contributed by atoms with Crippen LogP contribution in [0.5, 0.6) is 0 Å². The molecule has 4 aliphatic rings. The zero-order valence-electron chi connectivity index (χ0n) is 14.9. The van der Waals surface area contributed by atoms with Crippen LogP contribution in [0.4, 0.5) is 0 Å². The normalized spacial score (nSPS) is 33.3. The predicted octanol–water partition coefficient (Wildman–Crippen LogP) is 4.40. The lowest BCUT2D eigenvalue weighted by Gasteiger charge is -2.56. The summed E-state index contributed by atoms with van der Waals surface area (Å²) in [6.45, 7) is 2.00. The van der Waals surface area contributed by atoms with E-state index in [-0.39, 0.29) is 10.7 Å². The van der Waals surface area contributed by atoms with Gasteiger partial charge in [0.2, 0.25) is 5.89 Å². The Balaban J connectivity index is 1.31. The first-order chi connectivity index (χ1) is 12.6. The molecule has 2 heterocycles. The van der Waals surface area contributed by atoms with Crippen molar-refractivity contribution in [1.82, 2.24) is 15.2 Å². The number of ketones is 1. The first-order valence-corrected chi connectivity index (χ1v) is 10.4. The van der Waals surface area contributed by atoms with Crippen molar-refractivity contribution in [3.63, 3.8) is 0 Å². The molecule has 0 amide bonds. The highest BCUT2D eigenvalue weighted by Crippen LogP contribution is 2.61. The van der Waals surface area contributed by atoms with E-state index in [0.717, 1.165) is 42.6 Å². The largest absolute Gasteiger partial charge is 0.411 e. The van der Waals surface area contributed by atoms with Crippen molar-refractivity contribution in [3.8, 4) is 11.5 Å². The van der Waals surface area contributed by atoms with Gasteiger partial charge in [-0.2, -0.15) is 0 Å². The van der Waals surface area contributed by atoms with E-state index < -0.39 is 0 Å². The first-order valence-electron chi connectivity index (χ1n) is 9.56. The number of hydrogen-bond acceptors (Lipinski definition) is 6. The lowest BCUT2D eigenvalue weighted by Crippen LogP contribution is -2.51. The van der Waals surface area contributed by atoms with Crippen molar-refractivity contribution < 1.29 is 9.21 Å². The summed E-state index contributed by atoms with van der Waals surface area (Å²) < 4.78 is 5.77. The monoisotopic (exact) mass is 369 g/mol. The average molecular weight is 369 g/mol. The summed E-state index contributed by atoms with van der Waals surface area (Å²) in [5.74, 6) is 3.23. The lowest BCUT2D eigenvalue weighted by atomic mass is 9.48. The summed E-state index contributed by atoms with van der Waals surface area (Å²) in [6, 6.07) is 3.68. The maximum Gasteiger partial charge on any atom is 0.277 e. The van der Waals surface area contributed by atoms with Crippen LogP contribution in [-0.4, -0.2) is 26.2 Å². The van der Waals surface area contributed by atoms with Gasteiger partial charge in [-0.25, -0.2) is 0 Å². The first kappa shape index (κ1) is 16.5. The molecule has 2 aromatic rings. The topological polar surface area (TPSA) is 68.9 Å². The Morgan fingerprint density at radius 2 is 1.73 bits per heavy atom. The van der Waals surface area contributed by atoms with E-state index in [9.17, 15) is 4.79 Å². The number of nitrogens with zero attached hydrogens (tertiary/aromatic N) is 3. The Bertz CT molecular complexity index is 784. The molecular formula is C20H23N3O2S.